The van der Waals surface area contributed by atoms with Crippen LogP contribution in [0.15, 0.2) is 57.9 Å². The normalized spacial score (nSPS) is 16.0. The zero-order valence-electron chi connectivity index (χ0n) is 18.6. The van der Waals surface area contributed by atoms with Crippen molar-refractivity contribution in [3.8, 4) is 5.75 Å². The van der Waals surface area contributed by atoms with Crippen LogP contribution in [-0.2, 0) is 14.8 Å². The van der Waals surface area contributed by atoms with Gasteiger partial charge in [-0.1, -0.05) is 47.3 Å². The molecule has 0 saturated heterocycles. The molecule has 0 radical (unpaired) electrons. The first kappa shape index (κ1) is 24.7. The number of amides is 1. The van der Waals surface area contributed by atoms with Gasteiger partial charge < -0.3 is 10.1 Å². The second-order valence-corrected chi connectivity index (χ2v) is 10.9. The van der Waals surface area contributed by atoms with Crippen LogP contribution < -0.4 is 10.1 Å². The van der Waals surface area contributed by atoms with Gasteiger partial charge in [0.15, 0.2) is 0 Å². The standard InChI is InChI=1S/C24H31BrN2O4S/c1-3-31-22-13-15-23(16-14-22)32(29,30)27(21-7-5-4-6-8-21)17-24(28)26-18(2)19-9-11-20(25)12-10-19/h9-16,18,21H,3-8,17H2,1-2H3,(H,26,28)/t18-/m0/s1. The van der Waals surface area contributed by atoms with Gasteiger partial charge in [0.25, 0.3) is 0 Å². The van der Waals surface area contributed by atoms with Crippen molar-refractivity contribution < 1.29 is 17.9 Å². The quantitative estimate of drug-likeness (QED) is 0.499. The van der Waals surface area contributed by atoms with Crippen molar-refractivity contribution in [3.63, 3.8) is 0 Å². The Hall–Kier alpha value is -1.90. The predicted octanol–water partition coefficient (Wildman–Crippen LogP) is 5.05. The molecule has 2 aromatic carbocycles. The Morgan fingerprint density at radius 1 is 1.09 bits per heavy atom. The van der Waals surface area contributed by atoms with Gasteiger partial charge in [0.2, 0.25) is 15.9 Å². The lowest BCUT2D eigenvalue weighted by molar-refractivity contribution is -0.122. The van der Waals surface area contributed by atoms with E-state index in [9.17, 15) is 13.2 Å². The minimum absolute atomic E-state index is 0.172. The SMILES string of the molecule is CCOc1ccc(S(=O)(=O)N(CC(=O)N[C@@H](C)c2ccc(Br)cc2)C2CCCCC2)cc1. The first-order valence-corrected chi connectivity index (χ1v) is 13.3. The van der Waals surface area contributed by atoms with Crippen molar-refractivity contribution in [3.05, 3.63) is 58.6 Å². The van der Waals surface area contributed by atoms with E-state index in [1.807, 2.05) is 38.1 Å². The monoisotopic (exact) mass is 522 g/mol. The van der Waals surface area contributed by atoms with Crippen LogP contribution in [-0.4, -0.2) is 37.8 Å². The molecule has 0 spiro atoms. The number of ether oxygens (including phenoxy) is 1. The van der Waals surface area contributed by atoms with Crippen LogP contribution in [0.1, 0.15) is 57.6 Å². The molecule has 2 aromatic rings. The molecule has 3 rings (SSSR count). The summed E-state index contributed by atoms with van der Waals surface area (Å²) >= 11 is 3.41. The molecule has 1 fully saturated rings. The van der Waals surface area contributed by atoms with E-state index in [1.54, 1.807) is 24.3 Å². The number of nitrogens with one attached hydrogen (secondary N) is 1. The first-order chi connectivity index (χ1) is 15.3. The minimum atomic E-state index is -3.82. The van der Waals surface area contributed by atoms with Crippen molar-refractivity contribution in [1.82, 2.24) is 9.62 Å². The van der Waals surface area contributed by atoms with Gasteiger partial charge >= 0.3 is 0 Å². The minimum Gasteiger partial charge on any atom is -0.494 e. The van der Waals surface area contributed by atoms with E-state index in [2.05, 4.69) is 21.2 Å². The summed E-state index contributed by atoms with van der Waals surface area (Å²) < 4.78 is 34.8. The largest absolute Gasteiger partial charge is 0.494 e. The molecule has 0 heterocycles. The fourth-order valence-electron chi connectivity index (χ4n) is 4.05. The van der Waals surface area contributed by atoms with Gasteiger partial charge in [0.1, 0.15) is 5.75 Å². The van der Waals surface area contributed by atoms with E-state index < -0.39 is 10.0 Å². The molecule has 6 nitrogen and oxygen atoms in total. The Labute approximate surface area is 199 Å². The maximum absolute atomic E-state index is 13.5. The Bertz CT molecular complexity index is 988. The number of hydrogen-bond acceptors (Lipinski definition) is 4. The van der Waals surface area contributed by atoms with Crippen LogP contribution in [0.2, 0.25) is 0 Å². The molecule has 1 aliphatic rings. The average Bonchev–Trinajstić information content (AvgIpc) is 2.79. The molecule has 0 bridgehead atoms. The number of rotatable bonds is 9. The molecule has 32 heavy (non-hydrogen) atoms. The van der Waals surface area contributed by atoms with E-state index in [4.69, 9.17) is 4.74 Å². The van der Waals surface area contributed by atoms with Gasteiger partial charge in [-0.3, -0.25) is 4.79 Å². The third kappa shape index (κ3) is 6.33. The van der Waals surface area contributed by atoms with Crippen LogP contribution >= 0.6 is 15.9 Å². The van der Waals surface area contributed by atoms with Crippen LogP contribution in [0, 0.1) is 0 Å². The topological polar surface area (TPSA) is 75.7 Å². The molecule has 1 saturated carbocycles. The van der Waals surface area contributed by atoms with Gasteiger partial charge in [0, 0.05) is 10.5 Å². The summed E-state index contributed by atoms with van der Waals surface area (Å²) in [6.07, 6.45) is 4.58. The van der Waals surface area contributed by atoms with E-state index in [-0.39, 0.29) is 29.4 Å². The van der Waals surface area contributed by atoms with Crippen LogP contribution in [0.5, 0.6) is 5.75 Å². The molecular formula is C24H31BrN2O4S. The Kier molecular flexibility index (Phi) is 8.73. The number of carbonyl (C=O) groups excluding carboxylic acids is 1. The number of halogens is 1. The summed E-state index contributed by atoms with van der Waals surface area (Å²) in [5.74, 6) is 0.317. The Morgan fingerprint density at radius 2 is 1.72 bits per heavy atom. The van der Waals surface area contributed by atoms with E-state index >= 15 is 0 Å². The number of benzene rings is 2. The fourth-order valence-corrected chi connectivity index (χ4v) is 5.96. The lowest BCUT2D eigenvalue weighted by atomic mass is 9.95. The van der Waals surface area contributed by atoms with Crippen LogP contribution in [0.25, 0.3) is 0 Å². The van der Waals surface area contributed by atoms with Gasteiger partial charge in [-0.15, -0.1) is 0 Å². The van der Waals surface area contributed by atoms with Gasteiger partial charge in [0.05, 0.1) is 24.1 Å². The summed E-state index contributed by atoms with van der Waals surface area (Å²) in [5.41, 5.74) is 0.958. The molecule has 174 valence electrons. The molecule has 1 N–H and O–H groups in total. The molecule has 0 aromatic heterocycles. The Balaban J connectivity index is 1.78. The van der Waals surface area contributed by atoms with Gasteiger partial charge in [-0.25, -0.2) is 8.42 Å². The van der Waals surface area contributed by atoms with Crippen molar-refractivity contribution >= 4 is 31.9 Å². The van der Waals surface area contributed by atoms with Crippen LogP contribution in [0.4, 0.5) is 0 Å². The molecule has 1 atom stereocenters. The zero-order valence-corrected chi connectivity index (χ0v) is 21.0. The average molecular weight is 523 g/mol. The lowest BCUT2D eigenvalue weighted by Gasteiger charge is -2.33. The second kappa shape index (κ2) is 11.3. The number of hydrogen-bond donors (Lipinski definition) is 1. The number of sulfonamides is 1. The highest BCUT2D eigenvalue weighted by atomic mass is 79.9. The summed E-state index contributed by atoms with van der Waals surface area (Å²) in [6.45, 7) is 4.09. The van der Waals surface area contributed by atoms with Gasteiger partial charge in [-0.2, -0.15) is 4.31 Å². The molecule has 0 unspecified atom stereocenters. The summed E-state index contributed by atoms with van der Waals surface area (Å²) in [7, 11) is -3.82. The maximum atomic E-state index is 13.5. The molecule has 8 heteroatoms. The smallest absolute Gasteiger partial charge is 0.243 e. The van der Waals surface area contributed by atoms with E-state index in [1.165, 1.54) is 4.31 Å². The van der Waals surface area contributed by atoms with E-state index in [0.717, 1.165) is 42.1 Å². The highest BCUT2D eigenvalue weighted by molar-refractivity contribution is 9.10. The maximum Gasteiger partial charge on any atom is 0.243 e. The molecular weight excluding hydrogens is 492 g/mol. The number of carbonyl (C=O) groups is 1. The summed E-state index contributed by atoms with van der Waals surface area (Å²) in [5, 5.41) is 2.95. The molecule has 0 aliphatic heterocycles. The second-order valence-electron chi connectivity index (χ2n) is 8.09. The fraction of sp³-hybridized carbons (Fsp3) is 0.458. The predicted molar refractivity (Wildman–Crippen MR) is 129 cm³/mol. The third-order valence-corrected chi connectivity index (χ3v) is 8.21. The zero-order chi connectivity index (χ0) is 23.1. The summed E-state index contributed by atoms with van der Waals surface area (Å²) in [6, 6.07) is 13.7. The van der Waals surface area contributed by atoms with Gasteiger partial charge in [-0.05, 0) is 68.7 Å². The first-order valence-electron chi connectivity index (χ1n) is 11.1. The third-order valence-electron chi connectivity index (χ3n) is 5.77. The Morgan fingerprint density at radius 3 is 2.31 bits per heavy atom. The highest BCUT2D eigenvalue weighted by Gasteiger charge is 2.34. The van der Waals surface area contributed by atoms with Crippen molar-refractivity contribution in [1.29, 1.82) is 0 Å². The van der Waals surface area contributed by atoms with E-state index in [0.29, 0.717) is 12.4 Å². The van der Waals surface area contributed by atoms with Crippen LogP contribution in [0.3, 0.4) is 0 Å². The summed E-state index contributed by atoms with van der Waals surface area (Å²) in [4.78, 5) is 13.1. The number of nitrogens with zero attached hydrogens (tertiary/aromatic N) is 1. The van der Waals surface area contributed by atoms with Crippen molar-refractivity contribution in [2.75, 3.05) is 13.2 Å². The lowest BCUT2D eigenvalue weighted by Crippen LogP contribution is -2.47. The molecule has 1 aliphatic carbocycles. The molecule has 1 amide bonds. The highest BCUT2D eigenvalue weighted by Crippen LogP contribution is 2.28. The van der Waals surface area contributed by atoms with Crippen molar-refractivity contribution in [2.24, 2.45) is 0 Å². The van der Waals surface area contributed by atoms with Crippen molar-refractivity contribution in [2.45, 2.75) is 62.9 Å².